The maximum Gasteiger partial charge on any atom is 2.00 e. The second-order valence-electron chi connectivity index (χ2n) is 10.6. The van der Waals surface area contributed by atoms with E-state index in [1.165, 1.54) is 5.56 Å². The van der Waals surface area contributed by atoms with Gasteiger partial charge in [-0.05, 0) is 67.6 Å². The first kappa shape index (κ1) is 29.6. The summed E-state index contributed by atoms with van der Waals surface area (Å²) >= 11 is 0. The molecule has 0 saturated carbocycles. The maximum absolute atomic E-state index is 9.94. The Morgan fingerprint density at radius 2 is 1.62 bits per heavy atom. The SMILES string of the molecule is Cc1cc(C)c(-n2ccnc2-c2[c-]c(Oc3[c-]c4c(cc3)c3cc(C#N)ccc3n4-c3ccccn3)c(C#N)cc2)c(C)c1.[Pt+2]. The molecule has 0 atom stereocenters. The third-order valence-corrected chi connectivity index (χ3v) is 7.66. The molecule has 0 N–H and O–H groups in total. The Morgan fingerprint density at radius 1 is 0.800 bits per heavy atom. The van der Waals surface area contributed by atoms with Crippen molar-refractivity contribution in [3.8, 4) is 46.5 Å². The van der Waals surface area contributed by atoms with E-state index in [0.717, 1.165) is 38.6 Å². The minimum atomic E-state index is 0. The van der Waals surface area contributed by atoms with Gasteiger partial charge >= 0.3 is 21.1 Å². The van der Waals surface area contributed by atoms with Crippen LogP contribution in [0.25, 0.3) is 44.7 Å². The van der Waals surface area contributed by atoms with Gasteiger partial charge in [0.05, 0.1) is 29.3 Å². The van der Waals surface area contributed by atoms with E-state index in [1.807, 2.05) is 63.9 Å². The van der Waals surface area contributed by atoms with Crippen molar-refractivity contribution in [3.05, 3.63) is 131 Å². The molecule has 0 unspecified atom stereocenters. The molecule has 0 bridgehead atoms. The Kier molecular flexibility index (Phi) is 7.81. The summed E-state index contributed by atoms with van der Waals surface area (Å²) in [5.74, 6) is 2.10. The van der Waals surface area contributed by atoms with Crippen LogP contribution in [0.15, 0.2) is 91.4 Å². The molecule has 0 spiro atoms. The van der Waals surface area contributed by atoms with Crippen molar-refractivity contribution in [2.75, 3.05) is 0 Å². The summed E-state index contributed by atoms with van der Waals surface area (Å²) in [6.07, 6.45) is 5.43. The second-order valence-corrected chi connectivity index (χ2v) is 10.6. The van der Waals surface area contributed by atoms with E-state index in [1.54, 1.807) is 24.5 Å². The molecule has 0 radical (unpaired) electrons. The molecule has 7 nitrogen and oxygen atoms in total. The predicted molar refractivity (Wildman–Crippen MR) is 169 cm³/mol. The van der Waals surface area contributed by atoms with Gasteiger partial charge in [0.2, 0.25) is 0 Å². The molecule has 218 valence electrons. The van der Waals surface area contributed by atoms with Gasteiger partial charge in [-0.1, -0.05) is 35.3 Å². The number of aryl methyl sites for hydroxylation is 3. The van der Waals surface area contributed by atoms with Gasteiger partial charge in [0.1, 0.15) is 5.82 Å². The number of benzene rings is 4. The van der Waals surface area contributed by atoms with Crippen LogP contribution in [0.4, 0.5) is 0 Å². The molecular formula is C37H24N6OPt. The van der Waals surface area contributed by atoms with E-state index in [-0.39, 0.29) is 26.8 Å². The van der Waals surface area contributed by atoms with Crippen molar-refractivity contribution in [1.29, 1.82) is 10.5 Å². The molecule has 0 saturated heterocycles. The Balaban J connectivity index is 0.00000357. The van der Waals surface area contributed by atoms with Gasteiger partial charge in [0.25, 0.3) is 0 Å². The Labute approximate surface area is 274 Å². The van der Waals surface area contributed by atoms with Crippen LogP contribution in [0.5, 0.6) is 11.5 Å². The summed E-state index contributed by atoms with van der Waals surface area (Å²) in [4.78, 5) is 9.22. The molecule has 0 aliphatic carbocycles. The second kappa shape index (κ2) is 11.9. The Morgan fingerprint density at radius 3 is 2.36 bits per heavy atom. The van der Waals surface area contributed by atoms with Gasteiger partial charge in [-0.3, -0.25) is 4.98 Å². The molecule has 0 amide bonds. The van der Waals surface area contributed by atoms with Crippen molar-refractivity contribution < 1.29 is 25.8 Å². The van der Waals surface area contributed by atoms with Crippen LogP contribution in [0.2, 0.25) is 0 Å². The first-order valence-corrected chi connectivity index (χ1v) is 14.0. The summed E-state index contributed by atoms with van der Waals surface area (Å²) in [5.41, 5.74) is 7.77. The molecule has 7 rings (SSSR count). The average molecular weight is 764 g/mol. The largest absolute Gasteiger partial charge is 2.00 e. The van der Waals surface area contributed by atoms with Gasteiger partial charge in [-0.15, -0.1) is 35.2 Å². The summed E-state index contributed by atoms with van der Waals surface area (Å²) < 4.78 is 10.4. The van der Waals surface area contributed by atoms with Crippen LogP contribution in [-0.4, -0.2) is 19.1 Å². The molecule has 0 aliphatic heterocycles. The summed E-state index contributed by atoms with van der Waals surface area (Å²) in [6.45, 7) is 6.27. The first-order valence-electron chi connectivity index (χ1n) is 14.0. The van der Waals surface area contributed by atoms with Gasteiger partial charge < -0.3 is 13.9 Å². The zero-order valence-electron chi connectivity index (χ0n) is 24.6. The molecule has 8 heteroatoms. The van der Waals surface area contributed by atoms with Crippen LogP contribution in [-0.2, 0) is 21.1 Å². The number of hydrogen-bond donors (Lipinski definition) is 0. The topological polar surface area (TPSA) is 92.4 Å². The number of nitrogens with zero attached hydrogens (tertiary/aromatic N) is 6. The summed E-state index contributed by atoms with van der Waals surface area (Å²) in [7, 11) is 0. The number of rotatable bonds is 5. The van der Waals surface area contributed by atoms with Crippen LogP contribution in [0, 0.1) is 55.6 Å². The van der Waals surface area contributed by atoms with Crippen molar-refractivity contribution in [3.63, 3.8) is 0 Å². The molecule has 3 heterocycles. The molecule has 45 heavy (non-hydrogen) atoms. The quantitative estimate of drug-likeness (QED) is 0.165. The fourth-order valence-electron chi connectivity index (χ4n) is 5.90. The van der Waals surface area contributed by atoms with Gasteiger partial charge in [-0.25, -0.2) is 10.2 Å². The Bertz CT molecular complexity index is 2300. The minimum Gasteiger partial charge on any atom is -0.502 e. The van der Waals surface area contributed by atoms with E-state index < -0.39 is 0 Å². The van der Waals surface area contributed by atoms with Crippen LogP contribution in [0.1, 0.15) is 27.8 Å². The molecule has 0 aliphatic rings. The fourth-order valence-corrected chi connectivity index (χ4v) is 5.90. The summed E-state index contributed by atoms with van der Waals surface area (Å²) in [6, 6.07) is 34.1. The van der Waals surface area contributed by atoms with Gasteiger partial charge in [0.15, 0.2) is 0 Å². The zero-order valence-corrected chi connectivity index (χ0v) is 26.8. The first-order chi connectivity index (χ1) is 21.4. The van der Waals surface area contributed by atoms with Crippen LogP contribution in [0.3, 0.4) is 0 Å². The van der Waals surface area contributed by atoms with Crippen molar-refractivity contribution in [2.45, 2.75) is 20.8 Å². The normalized spacial score (nSPS) is 10.8. The number of nitriles is 2. The molecule has 4 aromatic carbocycles. The van der Waals surface area contributed by atoms with E-state index in [4.69, 9.17) is 4.74 Å². The van der Waals surface area contributed by atoms with E-state index in [0.29, 0.717) is 34.1 Å². The number of imidazole rings is 1. The number of pyridine rings is 1. The monoisotopic (exact) mass is 763 g/mol. The van der Waals surface area contributed by atoms with Gasteiger partial charge in [0, 0.05) is 41.1 Å². The predicted octanol–water partition coefficient (Wildman–Crippen LogP) is 8.09. The fraction of sp³-hybridized carbons (Fsp3) is 0.0811. The van der Waals surface area contributed by atoms with E-state index in [2.05, 4.69) is 67.1 Å². The number of fused-ring (bicyclic) bond motifs is 3. The third-order valence-electron chi connectivity index (χ3n) is 7.66. The smallest absolute Gasteiger partial charge is 0.502 e. The van der Waals surface area contributed by atoms with Gasteiger partial charge in [-0.2, -0.15) is 11.3 Å². The molecular weight excluding hydrogens is 740 g/mol. The van der Waals surface area contributed by atoms with Crippen LogP contribution < -0.4 is 4.74 Å². The van der Waals surface area contributed by atoms with E-state index >= 15 is 0 Å². The number of aromatic nitrogens is 4. The standard InChI is InChI=1S/C37H24N6O.Pt/c1-23-16-24(2)36(25(3)17-23)42-15-14-41-37(42)27-8-9-28(22-39)34(19-27)44-29-10-11-30-31-18-26(21-38)7-12-32(31)43(33(30)20-29)35-6-4-5-13-40-35;/h4-18H,1-3H3;/q-2;+2. The minimum absolute atomic E-state index is 0. The average Bonchev–Trinajstić information content (AvgIpc) is 3.63. The number of ether oxygens (including phenoxy) is 1. The maximum atomic E-state index is 9.94. The Hall–Kier alpha value is -5.49. The zero-order chi connectivity index (χ0) is 30.4. The van der Waals surface area contributed by atoms with Crippen LogP contribution >= 0.6 is 0 Å². The van der Waals surface area contributed by atoms with Crippen molar-refractivity contribution >= 4 is 21.8 Å². The molecule has 3 aromatic heterocycles. The van der Waals surface area contributed by atoms with E-state index in [9.17, 15) is 10.5 Å². The van der Waals surface area contributed by atoms with Crippen molar-refractivity contribution in [2.24, 2.45) is 0 Å². The molecule has 0 fully saturated rings. The number of hydrogen-bond acceptors (Lipinski definition) is 5. The summed E-state index contributed by atoms with van der Waals surface area (Å²) in [5, 5.41) is 21.3. The van der Waals surface area contributed by atoms with Crippen molar-refractivity contribution in [1.82, 2.24) is 19.1 Å². The third kappa shape index (κ3) is 5.18. The molecule has 7 aromatic rings.